The summed E-state index contributed by atoms with van der Waals surface area (Å²) in [7, 11) is 0. The number of hydrogen-bond acceptors (Lipinski definition) is 5. The van der Waals surface area contributed by atoms with Crippen LogP contribution in [0.1, 0.15) is 29.9 Å². The van der Waals surface area contributed by atoms with Crippen LogP contribution in [0.3, 0.4) is 0 Å². The zero-order valence-corrected chi connectivity index (χ0v) is 14.9. The molecule has 0 bridgehead atoms. The number of imidazole rings is 1. The lowest BCUT2D eigenvalue weighted by Crippen LogP contribution is -2.03. The number of carboxylic acids is 1. The second-order valence-electron chi connectivity index (χ2n) is 6.42. The number of aryl methyl sites for hydroxylation is 1. The fourth-order valence-electron chi connectivity index (χ4n) is 2.35. The van der Waals surface area contributed by atoms with E-state index in [1.54, 1.807) is 28.8 Å². The molecule has 2 aromatic heterocycles. The van der Waals surface area contributed by atoms with Crippen molar-refractivity contribution < 1.29 is 14.6 Å². The summed E-state index contributed by atoms with van der Waals surface area (Å²) in [4.78, 5) is 15.6. The molecule has 2 heterocycles. The summed E-state index contributed by atoms with van der Waals surface area (Å²) in [5.41, 5.74) is 1.95. The minimum atomic E-state index is -1.14. The summed E-state index contributed by atoms with van der Waals surface area (Å²) < 4.78 is 7.26. The summed E-state index contributed by atoms with van der Waals surface area (Å²) in [5, 5.41) is 17.7. The van der Waals surface area contributed by atoms with Crippen molar-refractivity contribution in [1.82, 2.24) is 9.38 Å². The van der Waals surface area contributed by atoms with Crippen molar-refractivity contribution in [2.24, 2.45) is 16.1 Å². The third-order valence-corrected chi connectivity index (χ3v) is 3.62. The van der Waals surface area contributed by atoms with Crippen LogP contribution in [0.15, 0.2) is 52.8 Å². The molecule has 3 rings (SSSR count). The van der Waals surface area contributed by atoms with E-state index in [4.69, 9.17) is 4.74 Å². The lowest BCUT2D eigenvalue weighted by atomic mass is 10.2. The van der Waals surface area contributed by atoms with Gasteiger partial charge in [0.1, 0.15) is 11.4 Å². The molecule has 0 unspecified atom stereocenters. The molecule has 0 aliphatic rings. The van der Waals surface area contributed by atoms with Crippen LogP contribution < -0.4 is 4.74 Å². The average Bonchev–Trinajstić information content (AvgIpc) is 2.97. The van der Waals surface area contributed by atoms with Crippen molar-refractivity contribution in [2.75, 3.05) is 6.61 Å². The molecule has 1 aromatic carbocycles. The number of carbonyl (C=O) groups is 1. The normalized spacial score (nSPS) is 11.5. The molecular weight excluding hydrogens is 332 g/mol. The van der Waals surface area contributed by atoms with Gasteiger partial charge in [-0.1, -0.05) is 19.9 Å². The molecule has 0 aliphatic heterocycles. The minimum Gasteiger partial charge on any atom is -0.493 e. The van der Waals surface area contributed by atoms with E-state index < -0.39 is 5.97 Å². The predicted octanol–water partition coefficient (Wildman–Crippen LogP) is 4.79. The second-order valence-corrected chi connectivity index (χ2v) is 6.42. The number of carboxylic acid groups (broad SMARTS) is 1. The highest BCUT2D eigenvalue weighted by atomic mass is 16.5. The Bertz CT molecular complexity index is 959. The maximum absolute atomic E-state index is 11.5. The van der Waals surface area contributed by atoms with Crippen LogP contribution in [0, 0.1) is 12.8 Å². The highest BCUT2D eigenvalue weighted by Crippen LogP contribution is 2.26. The molecule has 7 nitrogen and oxygen atoms in total. The zero-order valence-electron chi connectivity index (χ0n) is 14.9. The van der Waals surface area contributed by atoms with Crippen molar-refractivity contribution in [3.05, 3.63) is 53.9 Å². The van der Waals surface area contributed by atoms with Gasteiger partial charge in [-0.3, -0.25) is 4.40 Å². The number of rotatable bonds is 6. The molecule has 0 amide bonds. The van der Waals surface area contributed by atoms with E-state index in [9.17, 15) is 9.90 Å². The molecule has 0 atom stereocenters. The number of benzene rings is 1. The Labute approximate surface area is 151 Å². The van der Waals surface area contributed by atoms with Gasteiger partial charge in [0, 0.05) is 6.20 Å². The Morgan fingerprint density at radius 2 is 1.92 bits per heavy atom. The second kappa shape index (κ2) is 7.35. The van der Waals surface area contributed by atoms with Gasteiger partial charge in [0.2, 0.25) is 0 Å². The zero-order chi connectivity index (χ0) is 18.7. The van der Waals surface area contributed by atoms with Crippen molar-refractivity contribution in [3.63, 3.8) is 0 Å². The molecule has 0 saturated heterocycles. The van der Waals surface area contributed by atoms with E-state index in [-0.39, 0.29) is 11.5 Å². The van der Waals surface area contributed by atoms with E-state index in [0.717, 1.165) is 11.3 Å². The van der Waals surface area contributed by atoms with Crippen LogP contribution in [-0.4, -0.2) is 27.1 Å². The van der Waals surface area contributed by atoms with E-state index in [1.807, 2.05) is 25.1 Å². The van der Waals surface area contributed by atoms with Crippen LogP contribution in [-0.2, 0) is 0 Å². The molecule has 3 aromatic rings. The number of pyridine rings is 1. The van der Waals surface area contributed by atoms with Gasteiger partial charge in [-0.2, -0.15) is 0 Å². The van der Waals surface area contributed by atoms with Gasteiger partial charge >= 0.3 is 5.97 Å². The summed E-state index contributed by atoms with van der Waals surface area (Å²) in [5.74, 6) is 0.255. The fraction of sp³-hybridized carbons (Fsp3) is 0.263. The molecule has 1 N–H and O–H groups in total. The van der Waals surface area contributed by atoms with Gasteiger partial charge in [0.05, 0.1) is 12.3 Å². The molecule has 0 saturated carbocycles. The highest BCUT2D eigenvalue weighted by Gasteiger charge is 2.18. The van der Waals surface area contributed by atoms with Crippen LogP contribution in [0.2, 0.25) is 0 Å². The molecule has 134 valence electrons. The van der Waals surface area contributed by atoms with Crippen molar-refractivity contribution in [3.8, 4) is 5.75 Å². The number of aromatic nitrogens is 2. The maximum Gasteiger partial charge on any atom is 0.358 e. The van der Waals surface area contributed by atoms with E-state index >= 15 is 0 Å². The minimum absolute atomic E-state index is 0.128. The summed E-state index contributed by atoms with van der Waals surface area (Å²) in [6.07, 6.45) is 1.78. The van der Waals surface area contributed by atoms with E-state index in [2.05, 4.69) is 29.1 Å². The highest BCUT2D eigenvalue weighted by molar-refractivity contribution is 5.91. The number of hydrogen-bond donors (Lipinski definition) is 1. The molecule has 0 aliphatic carbocycles. The van der Waals surface area contributed by atoms with Gasteiger partial charge in [0.15, 0.2) is 11.5 Å². The number of aromatic carboxylic acids is 1. The van der Waals surface area contributed by atoms with Crippen LogP contribution in [0.4, 0.5) is 11.5 Å². The first kappa shape index (κ1) is 17.6. The Morgan fingerprint density at radius 3 is 2.58 bits per heavy atom. The Balaban J connectivity index is 1.89. The van der Waals surface area contributed by atoms with Crippen LogP contribution in [0.25, 0.3) is 5.65 Å². The van der Waals surface area contributed by atoms with E-state index in [1.165, 1.54) is 0 Å². The van der Waals surface area contributed by atoms with Crippen LogP contribution in [0.5, 0.6) is 5.75 Å². The topological polar surface area (TPSA) is 88.5 Å². The van der Waals surface area contributed by atoms with Crippen molar-refractivity contribution in [2.45, 2.75) is 20.8 Å². The molecule has 26 heavy (non-hydrogen) atoms. The molecular formula is C19H20N4O3. The first-order valence-electron chi connectivity index (χ1n) is 8.30. The van der Waals surface area contributed by atoms with Gasteiger partial charge < -0.3 is 9.84 Å². The Morgan fingerprint density at radius 1 is 1.19 bits per heavy atom. The number of fused-ring (bicyclic) bond motifs is 1. The molecule has 7 heteroatoms. The summed E-state index contributed by atoms with van der Waals surface area (Å²) in [6.45, 7) is 6.72. The first-order chi connectivity index (χ1) is 12.4. The molecule has 0 spiro atoms. The largest absolute Gasteiger partial charge is 0.493 e. The Kier molecular flexibility index (Phi) is 4.97. The average molecular weight is 352 g/mol. The predicted molar refractivity (Wildman–Crippen MR) is 97.8 cm³/mol. The van der Waals surface area contributed by atoms with Crippen LogP contribution >= 0.6 is 0 Å². The number of ether oxygens (including phenoxy) is 1. The fourth-order valence-corrected chi connectivity index (χ4v) is 2.35. The third-order valence-electron chi connectivity index (χ3n) is 3.62. The quantitative estimate of drug-likeness (QED) is 0.646. The smallest absolute Gasteiger partial charge is 0.358 e. The maximum atomic E-state index is 11.5. The first-order valence-corrected chi connectivity index (χ1v) is 8.30. The number of nitrogens with zero attached hydrogens (tertiary/aromatic N) is 4. The standard InChI is InChI=1S/C19H20N4O3/c1-12(2)11-26-15-7-5-14(6-8-15)21-22-18-17(19(24)25)20-16-9-4-13(3)10-23(16)18/h4-10,12H,11H2,1-3H3,(H,24,25). The Hall–Kier alpha value is -3.22. The van der Waals surface area contributed by atoms with Gasteiger partial charge in [-0.05, 0) is 48.7 Å². The lowest BCUT2D eigenvalue weighted by molar-refractivity contribution is 0.0692. The SMILES string of the molecule is Cc1ccc2nc(C(=O)O)c(N=Nc3ccc(OCC(C)C)cc3)n2c1. The van der Waals surface area contributed by atoms with Gasteiger partial charge in [-0.15, -0.1) is 10.2 Å². The molecule has 0 fully saturated rings. The third kappa shape index (κ3) is 3.88. The molecule has 0 radical (unpaired) electrons. The van der Waals surface area contributed by atoms with Gasteiger partial charge in [0.25, 0.3) is 0 Å². The summed E-state index contributed by atoms with van der Waals surface area (Å²) >= 11 is 0. The van der Waals surface area contributed by atoms with Crippen molar-refractivity contribution in [1.29, 1.82) is 0 Å². The van der Waals surface area contributed by atoms with Crippen molar-refractivity contribution >= 4 is 23.1 Å². The summed E-state index contributed by atoms with van der Waals surface area (Å²) in [6, 6.07) is 10.8. The number of azo groups is 1. The monoisotopic (exact) mass is 352 g/mol. The van der Waals surface area contributed by atoms with E-state index in [0.29, 0.717) is 23.9 Å². The lowest BCUT2D eigenvalue weighted by Gasteiger charge is -2.08. The van der Waals surface area contributed by atoms with Gasteiger partial charge in [-0.25, -0.2) is 9.78 Å².